The molecule has 0 aromatic heterocycles. The monoisotopic (exact) mass is 490 g/mol. The van der Waals surface area contributed by atoms with E-state index in [1.54, 1.807) is 6.08 Å². The minimum Gasteiger partial charge on any atom is -0.505 e. The van der Waals surface area contributed by atoms with Crippen molar-refractivity contribution in [3.63, 3.8) is 0 Å². The lowest BCUT2D eigenvalue weighted by Crippen LogP contribution is -2.48. The molecule has 180 valence electrons. The van der Waals surface area contributed by atoms with Gasteiger partial charge in [0.1, 0.15) is 0 Å². The molecule has 1 amide bonds. The first-order valence-corrected chi connectivity index (χ1v) is 12.9. The van der Waals surface area contributed by atoms with Gasteiger partial charge in [-0.1, -0.05) is 18.2 Å². The maximum absolute atomic E-state index is 15.1. The average Bonchev–Trinajstić information content (AvgIpc) is 3.12. The summed E-state index contributed by atoms with van der Waals surface area (Å²) in [5.74, 6) is 0.618. The lowest BCUT2D eigenvalue weighted by molar-refractivity contribution is -0.113. The van der Waals surface area contributed by atoms with Gasteiger partial charge in [-0.25, -0.2) is 4.39 Å². The van der Waals surface area contributed by atoms with Crippen molar-refractivity contribution in [1.29, 1.82) is 5.41 Å². The molecule has 4 bridgehead atoms. The zero-order chi connectivity index (χ0) is 24.3. The number of nitrogens with two attached hydrogens (primary N) is 1. The molecule has 5 N–H and O–H groups in total. The molecule has 7 rings (SSSR count). The van der Waals surface area contributed by atoms with Crippen LogP contribution in [0.15, 0.2) is 46.3 Å². The molecule has 4 saturated carbocycles. The number of phenols is 1. The number of nitrogens with one attached hydrogen (secondary N) is 2. The van der Waals surface area contributed by atoms with Crippen LogP contribution in [0.2, 0.25) is 0 Å². The number of thioether (sulfide) groups is 1. The number of amides is 1. The highest BCUT2D eigenvalue weighted by atomic mass is 32.2. The van der Waals surface area contributed by atoms with E-state index < -0.39 is 11.7 Å². The Hall–Kier alpha value is -3.13. The number of rotatable bonds is 3. The fourth-order valence-electron chi connectivity index (χ4n) is 7.15. The standard InChI is InChI=1S/C27H27FN4O2S/c28-21-10-19(9-20(23(21)33)27-11-15-4-16(12-27)6-17(5-15)13-27)18-3-1-2-14(7-18)8-22-24(34)31-26(35-22)32-25(29)30/h1-3,7-10,15-17,33H,4-6,11-13H2,(H4,29,30,31,32,34)/b22-8+. The van der Waals surface area contributed by atoms with E-state index in [2.05, 4.69) is 10.3 Å². The van der Waals surface area contributed by atoms with Crippen LogP contribution in [-0.4, -0.2) is 22.1 Å². The lowest BCUT2D eigenvalue weighted by atomic mass is 9.48. The topological polar surface area (TPSA) is 112 Å². The highest BCUT2D eigenvalue weighted by molar-refractivity contribution is 8.18. The van der Waals surface area contributed by atoms with Crippen molar-refractivity contribution < 1.29 is 14.3 Å². The number of nitrogens with zero attached hydrogens (tertiary/aromatic N) is 1. The minimum atomic E-state index is -0.577. The number of aromatic hydroxyl groups is 1. The van der Waals surface area contributed by atoms with E-state index in [0.717, 1.165) is 53.3 Å². The number of guanidine groups is 1. The van der Waals surface area contributed by atoms with Gasteiger partial charge in [-0.05, 0) is 114 Å². The average molecular weight is 491 g/mol. The first kappa shape index (κ1) is 22.3. The lowest BCUT2D eigenvalue weighted by Gasteiger charge is -2.57. The second kappa shape index (κ2) is 8.22. The molecule has 2 aromatic rings. The van der Waals surface area contributed by atoms with Crippen molar-refractivity contribution in [1.82, 2.24) is 5.32 Å². The molecule has 8 heteroatoms. The number of benzene rings is 2. The molecule has 5 aliphatic rings. The largest absolute Gasteiger partial charge is 0.505 e. The van der Waals surface area contributed by atoms with Crippen molar-refractivity contribution in [3.8, 4) is 16.9 Å². The van der Waals surface area contributed by atoms with Gasteiger partial charge in [-0.3, -0.25) is 10.2 Å². The van der Waals surface area contributed by atoms with Crippen LogP contribution in [0.25, 0.3) is 17.2 Å². The third-order valence-electron chi connectivity index (χ3n) is 8.05. The Labute approximate surface area is 207 Å². The summed E-state index contributed by atoms with van der Waals surface area (Å²) >= 11 is 1.12. The molecule has 1 aliphatic heterocycles. The van der Waals surface area contributed by atoms with Gasteiger partial charge in [0.25, 0.3) is 5.91 Å². The Morgan fingerprint density at radius 2 is 1.83 bits per heavy atom. The molecule has 0 spiro atoms. The first-order chi connectivity index (χ1) is 16.8. The van der Waals surface area contributed by atoms with Gasteiger partial charge >= 0.3 is 0 Å². The highest BCUT2D eigenvalue weighted by Crippen LogP contribution is 2.62. The fraction of sp³-hybridized carbons (Fsp3) is 0.370. The Morgan fingerprint density at radius 1 is 1.14 bits per heavy atom. The maximum Gasteiger partial charge on any atom is 0.286 e. The molecular weight excluding hydrogens is 463 g/mol. The minimum absolute atomic E-state index is 0.125. The third kappa shape index (κ3) is 4.03. The van der Waals surface area contributed by atoms with E-state index in [-0.39, 0.29) is 22.3 Å². The van der Waals surface area contributed by atoms with Crippen molar-refractivity contribution in [2.75, 3.05) is 0 Å². The van der Waals surface area contributed by atoms with Crippen molar-refractivity contribution in [3.05, 3.63) is 58.2 Å². The van der Waals surface area contributed by atoms with Crippen molar-refractivity contribution in [2.45, 2.75) is 43.9 Å². The van der Waals surface area contributed by atoms with E-state index in [1.807, 2.05) is 30.3 Å². The number of amidine groups is 1. The molecule has 0 atom stereocenters. The molecule has 4 aliphatic carbocycles. The molecule has 0 unspecified atom stereocenters. The quantitative estimate of drug-likeness (QED) is 0.271. The third-order valence-corrected chi connectivity index (χ3v) is 8.95. The Balaban J connectivity index is 1.33. The fourth-order valence-corrected chi connectivity index (χ4v) is 7.97. The van der Waals surface area contributed by atoms with Gasteiger partial charge in [0.15, 0.2) is 22.7 Å². The van der Waals surface area contributed by atoms with Crippen LogP contribution >= 0.6 is 11.8 Å². The molecule has 0 saturated heterocycles. The van der Waals surface area contributed by atoms with E-state index in [9.17, 15) is 9.90 Å². The highest BCUT2D eigenvalue weighted by Gasteiger charge is 2.52. The second-order valence-corrected chi connectivity index (χ2v) is 11.6. The zero-order valence-electron chi connectivity index (χ0n) is 19.2. The van der Waals surface area contributed by atoms with Crippen LogP contribution in [0.3, 0.4) is 0 Å². The van der Waals surface area contributed by atoms with E-state index in [4.69, 9.17) is 11.1 Å². The van der Waals surface area contributed by atoms with Crippen molar-refractivity contribution >= 4 is 34.9 Å². The van der Waals surface area contributed by atoms with Gasteiger partial charge in [0.2, 0.25) is 0 Å². The summed E-state index contributed by atoms with van der Waals surface area (Å²) in [6.45, 7) is 0. The Kier molecular flexibility index (Phi) is 5.25. The van der Waals surface area contributed by atoms with E-state index in [0.29, 0.717) is 22.7 Å². The van der Waals surface area contributed by atoms with Crippen LogP contribution < -0.4 is 11.1 Å². The maximum atomic E-state index is 15.1. The number of phenolic OH excluding ortho intramolecular Hbond substituents is 1. The Morgan fingerprint density at radius 3 is 2.49 bits per heavy atom. The summed E-state index contributed by atoms with van der Waals surface area (Å²) < 4.78 is 15.1. The predicted octanol–water partition coefficient (Wildman–Crippen LogP) is 5.12. The zero-order valence-corrected chi connectivity index (χ0v) is 20.0. The molecule has 2 aromatic carbocycles. The van der Waals surface area contributed by atoms with Gasteiger partial charge in [-0.15, -0.1) is 0 Å². The van der Waals surface area contributed by atoms with E-state index in [1.165, 1.54) is 25.3 Å². The van der Waals surface area contributed by atoms with E-state index >= 15 is 4.39 Å². The number of hydrogen-bond acceptors (Lipinski definition) is 4. The predicted molar refractivity (Wildman–Crippen MR) is 136 cm³/mol. The van der Waals surface area contributed by atoms with Gasteiger partial charge < -0.3 is 16.2 Å². The van der Waals surface area contributed by atoms with Crippen LogP contribution in [-0.2, 0) is 10.2 Å². The van der Waals surface area contributed by atoms with Crippen LogP contribution in [0, 0.1) is 29.0 Å². The van der Waals surface area contributed by atoms with Gasteiger partial charge in [0, 0.05) is 5.56 Å². The summed E-state index contributed by atoms with van der Waals surface area (Å²) in [7, 11) is 0. The molecule has 35 heavy (non-hydrogen) atoms. The summed E-state index contributed by atoms with van der Waals surface area (Å²) in [5, 5.41) is 20.9. The second-order valence-electron chi connectivity index (χ2n) is 10.5. The molecule has 4 fully saturated rings. The van der Waals surface area contributed by atoms with Crippen molar-refractivity contribution in [2.24, 2.45) is 28.5 Å². The first-order valence-electron chi connectivity index (χ1n) is 12.0. The smallest absolute Gasteiger partial charge is 0.286 e. The van der Waals surface area contributed by atoms with Gasteiger partial charge in [0.05, 0.1) is 4.91 Å². The van der Waals surface area contributed by atoms with Gasteiger partial charge in [-0.2, -0.15) is 4.99 Å². The number of carbonyl (C=O) groups excluding carboxylic acids is 1. The van der Waals surface area contributed by atoms with Crippen LogP contribution in [0.4, 0.5) is 4.39 Å². The number of halogens is 1. The molecule has 0 radical (unpaired) electrons. The summed E-state index contributed by atoms with van der Waals surface area (Å²) in [6.07, 6.45) is 8.69. The molecular formula is C27H27FN4O2S. The van der Waals surface area contributed by atoms with Crippen LogP contribution in [0.5, 0.6) is 5.75 Å². The number of aliphatic imine (C=N–C) groups is 1. The summed E-state index contributed by atoms with van der Waals surface area (Å²) in [6, 6.07) is 11.0. The normalized spacial score (nSPS) is 30.1. The molecule has 6 nitrogen and oxygen atoms in total. The SMILES string of the molecule is N=C(N)NC1=NC(=O)/C(=C\c2cccc(-c3cc(F)c(O)c(C45CC6CC(CC(C6)C4)C5)c3)c2)S1. The van der Waals surface area contributed by atoms with Crippen LogP contribution in [0.1, 0.15) is 49.7 Å². The summed E-state index contributed by atoms with van der Waals surface area (Å²) in [5.41, 5.74) is 8.30. The Bertz CT molecular complexity index is 1280. The number of carbonyl (C=O) groups is 1. The number of hydrogen-bond donors (Lipinski definition) is 4. The summed E-state index contributed by atoms with van der Waals surface area (Å²) in [4.78, 5) is 16.5. The molecule has 1 heterocycles.